The van der Waals surface area contributed by atoms with Crippen LogP contribution in [0, 0.1) is 0 Å². The number of para-hydroxylation sites is 1. The van der Waals surface area contributed by atoms with Gasteiger partial charge in [0, 0.05) is 17.3 Å². The lowest BCUT2D eigenvalue weighted by Gasteiger charge is -2.28. The van der Waals surface area contributed by atoms with Crippen LogP contribution in [-0.4, -0.2) is 6.04 Å². The van der Waals surface area contributed by atoms with Crippen molar-refractivity contribution in [3.8, 4) is 11.1 Å². The quantitative estimate of drug-likeness (QED) is 0.227. The van der Waals surface area contributed by atoms with E-state index in [1.807, 2.05) is 0 Å². The van der Waals surface area contributed by atoms with E-state index in [0.717, 1.165) is 0 Å². The van der Waals surface area contributed by atoms with Crippen LogP contribution in [0.5, 0.6) is 0 Å². The maximum Gasteiger partial charge on any atom is 0.0629 e. The van der Waals surface area contributed by atoms with E-state index in [0.29, 0.717) is 12.0 Å². The van der Waals surface area contributed by atoms with Crippen molar-refractivity contribution in [1.82, 2.24) is 0 Å². The lowest BCUT2D eigenvalue weighted by atomic mass is 9.91. The molecule has 6 aromatic rings. The second-order valence-corrected chi connectivity index (χ2v) is 10.1. The summed E-state index contributed by atoms with van der Waals surface area (Å²) in [5, 5.41) is 7.88. The molecule has 0 amide bonds. The van der Waals surface area contributed by atoms with Crippen LogP contribution in [-0.2, 0) is 0 Å². The summed E-state index contributed by atoms with van der Waals surface area (Å²) >= 11 is 0. The van der Waals surface area contributed by atoms with Crippen molar-refractivity contribution in [1.29, 1.82) is 0 Å². The Balaban J connectivity index is 1.24. The second kappa shape index (κ2) is 7.94. The molecule has 2 atom stereocenters. The Labute approximate surface area is 216 Å². The first-order valence-corrected chi connectivity index (χ1v) is 13.0. The fraction of sp³-hybridized carbons (Fsp3) is 0.0556. The molecule has 1 heteroatoms. The van der Waals surface area contributed by atoms with Crippen LogP contribution < -0.4 is 4.90 Å². The number of allylic oxidation sites excluding steroid dienone is 2. The third kappa shape index (κ3) is 3.04. The van der Waals surface area contributed by atoms with Gasteiger partial charge in [0.1, 0.15) is 0 Å². The molecule has 0 spiro atoms. The molecule has 1 nitrogen and oxygen atoms in total. The van der Waals surface area contributed by atoms with Gasteiger partial charge < -0.3 is 4.90 Å². The maximum atomic E-state index is 2.49. The largest absolute Gasteiger partial charge is 0.333 e. The molecule has 0 saturated heterocycles. The molecule has 0 fully saturated rings. The highest BCUT2D eigenvalue weighted by molar-refractivity contribution is 6.25. The highest BCUT2D eigenvalue weighted by atomic mass is 15.2. The Bertz CT molecular complexity index is 1860. The molecule has 37 heavy (non-hydrogen) atoms. The zero-order valence-electron chi connectivity index (χ0n) is 20.4. The van der Waals surface area contributed by atoms with Gasteiger partial charge >= 0.3 is 0 Å². The van der Waals surface area contributed by atoms with E-state index in [2.05, 4.69) is 144 Å². The highest BCUT2D eigenvalue weighted by Crippen LogP contribution is 2.47. The first kappa shape index (κ1) is 20.6. The van der Waals surface area contributed by atoms with E-state index < -0.39 is 0 Å². The summed E-state index contributed by atoms with van der Waals surface area (Å²) in [7, 11) is 0. The molecule has 0 aromatic heterocycles. The molecule has 8 rings (SSSR count). The van der Waals surface area contributed by atoms with Gasteiger partial charge in [-0.25, -0.2) is 0 Å². The third-order valence-electron chi connectivity index (χ3n) is 8.18. The average molecular weight is 472 g/mol. The Kier molecular flexibility index (Phi) is 4.41. The summed E-state index contributed by atoms with van der Waals surface area (Å²) in [5.74, 6) is 0.407. The van der Waals surface area contributed by atoms with Gasteiger partial charge in [0.25, 0.3) is 0 Å². The van der Waals surface area contributed by atoms with Gasteiger partial charge in [-0.2, -0.15) is 0 Å². The molecule has 1 heterocycles. The summed E-state index contributed by atoms with van der Waals surface area (Å²) in [6.45, 7) is 0. The van der Waals surface area contributed by atoms with Gasteiger partial charge in [-0.05, 0) is 73.3 Å². The van der Waals surface area contributed by atoms with Crippen LogP contribution in [0.1, 0.15) is 11.5 Å². The molecular formula is C36H25N. The Morgan fingerprint density at radius 2 is 1.03 bits per heavy atom. The molecule has 0 radical (unpaired) electrons. The predicted octanol–water partition coefficient (Wildman–Crippen LogP) is 9.54. The van der Waals surface area contributed by atoms with Crippen molar-refractivity contribution in [3.63, 3.8) is 0 Å². The minimum Gasteiger partial charge on any atom is -0.333 e. The molecule has 2 aliphatic rings. The molecular weight excluding hydrogens is 446 g/mol. The van der Waals surface area contributed by atoms with E-state index in [1.54, 1.807) is 0 Å². The minimum atomic E-state index is 0.327. The number of benzene rings is 6. The number of fused-ring (bicyclic) bond motifs is 9. The third-order valence-corrected chi connectivity index (χ3v) is 8.18. The first-order chi connectivity index (χ1) is 18.4. The zero-order chi connectivity index (χ0) is 24.3. The summed E-state index contributed by atoms with van der Waals surface area (Å²) in [4.78, 5) is 2.49. The first-order valence-electron chi connectivity index (χ1n) is 13.0. The van der Waals surface area contributed by atoms with E-state index in [-0.39, 0.29) is 0 Å². The normalized spacial score (nSPS) is 18.0. The molecule has 0 saturated carbocycles. The number of nitrogens with zero attached hydrogens (tertiary/aromatic N) is 1. The number of hydrogen-bond donors (Lipinski definition) is 0. The number of anilines is 2. The van der Waals surface area contributed by atoms with Crippen molar-refractivity contribution in [3.05, 3.63) is 145 Å². The summed E-state index contributed by atoms with van der Waals surface area (Å²) in [6, 6.07) is 42.8. The minimum absolute atomic E-state index is 0.327. The SMILES string of the molecule is C1=CC2c3ccccc3N(c3ccc(-c4ccc5c6ccccc6c6ccccc6c5c4)cc3)C2C=C1. The van der Waals surface area contributed by atoms with E-state index in [1.165, 1.54) is 60.4 Å². The lowest BCUT2D eigenvalue weighted by molar-refractivity contribution is 0.745. The van der Waals surface area contributed by atoms with Crippen LogP contribution in [0.4, 0.5) is 11.4 Å². The zero-order valence-corrected chi connectivity index (χ0v) is 20.4. The molecule has 1 aliphatic heterocycles. The molecule has 1 aliphatic carbocycles. The Morgan fingerprint density at radius 3 is 1.76 bits per heavy atom. The molecule has 0 N–H and O–H groups in total. The van der Waals surface area contributed by atoms with Gasteiger partial charge in [-0.15, -0.1) is 0 Å². The number of hydrogen-bond acceptors (Lipinski definition) is 1. The fourth-order valence-corrected chi connectivity index (χ4v) is 6.49. The fourth-order valence-electron chi connectivity index (χ4n) is 6.49. The van der Waals surface area contributed by atoms with E-state index >= 15 is 0 Å². The highest BCUT2D eigenvalue weighted by Gasteiger charge is 2.36. The van der Waals surface area contributed by atoms with Crippen molar-refractivity contribution in [2.75, 3.05) is 4.90 Å². The Hall–Kier alpha value is -4.62. The predicted molar refractivity (Wildman–Crippen MR) is 158 cm³/mol. The molecule has 6 aromatic carbocycles. The summed E-state index contributed by atoms with van der Waals surface area (Å²) in [5.41, 5.74) is 6.45. The van der Waals surface area contributed by atoms with Crippen LogP contribution in [0.2, 0.25) is 0 Å². The van der Waals surface area contributed by atoms with Crippen molar-refractivity contribution >= 4 is 43.7 Å². The van der Waals surface area contributed by atoms with E-state index in [9.17, 15) is 0 Å². The topological polar surface area (TPSA) is 3.24 Å². The molecule has 2 unspecified atom stereocenters. The lowest BCUT2D eigenvalue weighted by Crippen LogP contribution is -2.28. The number of rotatable bonds is 2. The van der Waals surface area contributed by atoms with Gasteiger partial charge in [0.05, 0.1) is 6.04 Å². The standard InChI is InChI=1S/C36H25N/c1-2-11-29-27(9-1)28-10-3-4-12-30(28)34-23-25(19-22-31(29)34)24-17-20-26(21-18-24)37-35-15-7-5-13-32(35)33-14-6-8-16-36(33)37/h1-23,32,35H. The van der Waals surface area contributed by atoms with Gasteiger partial charge in [-0.1, -0.05) is 115 Å². The van der Waals surface area contributed by atoms with Crippen molar-refractivity contribution < 1.29 is 0 Å². The average Bonchev–Trinajstić information content (AvgIpc) is 3.32. The van der Waals surface area contributed by atoms with Crippen molar-refractivity contribution in [2.45, 2.75) is 12.0 Å². The Morgan fingerprint density at radius 1 is 0.459 bits per heavy atom. The van der Waals surface area contributed by atoms with E-state index in [4.69, 9.17) is 0 Å². The van der Waals surface area contributed by atoms with Crippen LogP contribution in [0.25, 0.3) is 43.4 Å². The van der Waals surface area contributed by atoms with Gasteiger partial charge in [0.2, 0.25) is 0 Å². The summed E-state index contributed by atoms with van der Waals surface area (Å²) in [6.07, 6.45) is 9.02. The monoisotopic (exact) mass is 471 g/mol. The second-order valence-electron chi connectivity index (χ2n) is 10.1. The van der Waals surface area contributed by atoms with Crippen LogP contribution in [0.15, 0.2) is 140 Å². The van der Waals surface area contributed by atoms with Crippen LogP contribution >= 0.6 is 0 Å². The smallest absolute Gasteiger partial charge is 0.0629 e. The summed E-state index contributed by atoms with van der Waals surface area (Å²) < 4.78 is 0. The van der Waals surface area contributed by atoms with Crippen LogP contribution in [0.3, 0.4) is 0 Å². The van der Waals surface area contributed by atoms with Gasteiger partial charge in [0.15, 0.2) is 0 Å². The molecule has 0 bridgehead atoms. The maximum absolute atomic E-state index is 2.49. The molecule has 174 valence electrons. The van der Waals surface area contributed by atoms with Crippen molar-refractivity contribution in [2.24, 2.45) is 0 Å². The van der Waals surface area contributed by atoms with Gasteiger partial charge in [-0.3, -0.25) is 0 Å².